The van der Waals surface area contributed by atoms with E-state index in [-0.39, 0.29) is 0 Å². The van der Waals surface area contributed by atoms with Gasteiger partial charge in [-0.3, -0.25) is 0 Å². The Morgan fingerprint density at radius 3 is 2.50 bits per heavy atom. The maximum atomic E-state index is 5.30. The van der Waals surface area contributed by atoms with Gasteiger partial charge in [0.1, 0.15) is 5.75 Å². The molecule has 0 aromatic heterocycles. The number of hydrogen-bond acceptors (Lipinski definition) is 1. The highest BCUT2D eigenvalue weighted by atomic mass is 16.5. The molecule has 74 valence electrons. The lowest BCUT2D eigenvalue weighted by atomic mass is 10.1. The van der Waals surface area contributed by atoms with E-state index in [0.717, 1.165) is 18.6 Å². The summed E-state index contributed by atoms with van der Waals surface area (Å²) in [5, 5.41) is 0. The lowest BCUT2D eigenvalue weighted by Gasteiger charge is -2.08. The minimum atomic E-state index is 0.845. The van der Waals surface area contributed by atoms with Gasteiger partial charge in [-0.2, -0.15) is 0 Å². The first kappa shape index (κ1) is 10.6. The minimum Gasteiger partial charge on any atom is -0.496 e. The number of rotatable bonds is 5. The molecule has 0 aliphatic heterocycles. The van der Waals surface area contributed by atoms with Gasteiger partial charge in [-0.15, -0.1) is 13.2 Å². The van der Waals surface area contributed by atoms with Gasteiger partial charge in [0, 0.05) is 0 Å². The first-order chi connectivity index (χ1) is 6.81. The molecule has 0 bridgehead atoms. The molecule has 14 heavy (non-hydrogen) atoms. The lowest BCUT2D eigenvalue weighted by molar-refractivity contribution is 0.410. The first-order valence-corrected chi connectivity index (χ1v) is 4.69. The van der Waals surface area contributed by atoms with Crippen LogP contribution in [0.4, 0.5) is 0 Å². The van der Waals surface area contributed by atoms with Gasteiger partial charge in [-0.25, -0.2) is 0 Å². The third-order valence-electron chi connectivity index (χ3n) is 2.10. The Balaban J connectivity index is 2.97. The Morgan fingerprint density at radius 2 is 1.93 bits per heavy atom. The third kappa shape index (κ3) is 2.49. The van der Waals surface area contributed by atoms with Gasteiger partial charge in [0.15, 0.2) is 0 Å². The van der Waals surface area contributed by atoms with Crippen LogP contribution in [0.15, 0.2) is 43.5 Å². The highest BCUT2D eigenvalue weighted by Crippen LogP contribution is 2.21. The number of hydrogen-bond donors (Lipinski definition) is 0. The van der Waals surface area contributed by atoms with Gasteiger partial charge in [-0.1, -0.05) is 24.3 Å². The van der Waals surface area contributed by atoms with Crippen molar-refractivity contribution in [3.8, 4) is 5.75 Å². The van der Waals surface area contributed by atoms with Crippen LogP contribution in [0.3, 0.4) is 0 Å². The first-order valence-electron chi connectivity index (χ1n) is 4.69. The van der Waals surface area contributed by atoms with Gasteiger partial charge < -0.3 is 4.74 Å². The molecular formula is C13H16O. The van der Waals surface area contributed by atoms with Crippen molar-refractivity contribution in [2.75, 3.05) is 7.11 Å². The smallest absolute Gasteiger partial charge is 0.122 e. The van der Waals surface area contributed by atoms with Crippen molar-refractivity contribution in [1.82, 2.24) is 0 Å². The molecule has 1 rings (SSSR count). The molecule has 0 aliphatic rings. The van der Waals surface area contributed by atoms with Crippen LogP contribution in [-0.4, -0.2) is 7.11 Å². The fraction of sp³-hybridized carbons (Fsp3) is 0.231. The molecule has 1 nitrogen and oxygen atoms in total. The molecule has 0 fully saturated rings. The Labute approximate surface area is 85.7 Å². The maximum absolute atomic E-state index is 5.30. The topological polar surface area (TPSA) is 9.23 Å². The second-order valence-electron chi connectivity index (χ2n) is 3.13. The number of ether oxygens (including phenoxy) is 1. The summed E-state index contributed by atoms with van der Waals surface area (Å²) in [5.41, 5.74) is 2.40. The van der Waals surface area contributed by atoms with Gasteiger partial charge >= 0.3 is 0 Å². The summed E-state index contributed by atoms with van der Waals surface area (Å²) >= 11 is 0. The van der Waals surface area contributed by atoms with E-state index in [4.69, 9.17) is 4.74 Å². The molecule has 0 N–H and O–H groups in total. The van der Waals surface area contributed by atoms with E-state index in [9.17, 15) is 0 Å². The average Bonchev–Trinajstić information content (AvgIpc) is 2.21. The predicted molar refractivity (Wildman–Crippen MR) is 60.8 cm³/mol. The van der Waals surface area contributed by atoms with E-state index in [1.807, 2.05) is 12.2 Å². The normalized spacial score (nSPS) is 9.50. The fourth-order valence-corrected chi connectivity index (χ4v) is 1.41. The van der Waals surface area contributed by atoms with Gasteiger partial charge in [0.05, 0.1) is 7.11 Å². The van der Waals surface area contributed by atoms with Crippen molar-refractivity contribution in [2.45, 2.75) is 12.8 Å². The van der Waals surface area contributed by atoms with Crippen LogP contribution in [0.25, 0.3) is 0 Å². The molecule has 1 aromatic carbocycles. The van der Waals surface area contributed by atoms with Crippen LogP contribution in [0.5, 0.6) is 5.75 Å². The Bertz CT molecular complexity index is 326. The second-order valence-corrected chi connectivity index (χ2v) is 3.13. The predicted octanol–water partition coefficient (Wildman–Crippen LogP) is 3.15. The monoisotopic (exact) mass is 188 g/mol. The summed E-state index contributed by atoms with van der Waals surface area (Å²) in [4.78, 5) is 0. The molecule has 0 saturated carbocycles. The van der Waals surface area contributed by atoms with Crippen LogP contribution in [-0.2, 0) is 12.8 Å². The van der Waals surface area contributed by atoms with Crippen molar-refractivity contribution in [3.05, 3.63) is 54.6 Å². The number of benzene rings is 1. The molecule has 0 radical (unpaired) electrons. The maximum Gasteiger partial charge on any atom is 0.122 e. The Kier molecular flexibility index (Phi) is 3.99. The molecule has 0 heterocycles. The molecule has 0 unspecified atom stereocenters. The van der Waals surface area contributed by atoms with Gasteiger partial charge in [0.25, 0.3) is 0 Å². The van der Waals surface area contributed by atoms with E-state index in [0.29, 0.717) is 0 Å². The quantitative estimate of drug-likeness (QED) is 0.645. The van der Waals surface area contributed by atoms with Crippen molar-refractivity contribution in [2.24, 2.45) is 0 Å². The second kappa shape index (κ2) is 5.28. The lowest BCUT2D eigenvalue weighted by Crippen LogP contribution is -1.92. The zero-order valence-electron chi connectivity index (χ0n) is 8.62. The molecule has 1 aromatic rings. The molecule has 0 spiro atoms. The summed E-state index contributed by atoms with van der Waals surface area (Å²) in [6.45, 7) is 7.43. The standard InChI is InChI=1S/C13H16O/c1-4-6-11-8-9-12(7-5-2)13(10-11)14-3/h4-5,8-10H,1-2,6-7H2,3H3. The zero-order chi connectivity index (χ0) is 10.4. The van der Waals surface area contributed by atoms with Crippen LogP contribution in [0.2, 0.25) is 0 Å². The third-order valence-corrected chi connectivity index (χ3v) is 2.10. The highest BCUT2D eigenvalue weighted by molar-refractivity contribution is 5.39. The van der Waals surface area contributed by atoms with Gasteiger partial charge in [0.2, 0.25) is 0 Å². The summed E-state index contributed by atoms with van der Waals surface area (Å²) in [5.74, 6) is 0.934. The van der Waals surface area contributed by atoms with Crippen LogP contribution < -0.4 is 4.74 Å². The van der Waals surface area contributed by atoms with Crippen molar-refractivity contribution in [3.63, 3.8) is 0 Å². The van der Waals surface area contributed by atoms with Crippen LogP contribution in [0, 0.1) is 0 Å². The average molecular weight is 188 g/mol. The van der Waals surface area contributed by atoms with E-state index in [2.05, 4.69) is 31.4 Å². The summed E-state index contributed by atoms with van der Waals surface area (Å²) in [6, 6.07) is 6.24. The highest BCUT2D eigenvalue weighted by Gasteiger charge is 2.01. The van der Waals surface area contributed by atoms with E-state index < -0.39 is 0 Å². The molecule has 0 aliphatic carbocycles. The van der Waals surface area contributed by atoms with E-state index in [1.165, 1.54) is 11.1 Å². The molecule has 0 atom stereocenters. The largest absolute Gasteiger partial charge is 0.496 e. The zero-order valence-corrected chi connectivity index (χ0v) is 8.62. The summed E-state index contributed by atoms with van der Waals surface area (Å²) in [7, 11) is 1.69. The number of methoxy groups -OCH3 is 1. The van der Waals surface area contributed by atoms with E-state index >= 15 is 0 Å². The number of allylic oxidation sites excluding steroid dienone is 2. The molecule has 1 heteroatoms. The SMILES string of the molecule is C=CCc1ccc(CC=C)c(OC)c1. The van der Waals surface area contributed by atoms with Gasteiger partial charge in [-0.05, 0) is 30.0 Å². The van der Waals surface area contributed by atoms with Crippen LogP contribution >= 0.6 is 0 Å². The molecule has 0 amide bonds. The fourth-order valence-electron chi connectivity index (χ4n) is 1.41. The summed E-state index contributed by atoms with van der Waals surface area (Å²) in [6.07, 6.45) is 5.50. The summed E-state index contributed by atoms with van der Waals surface area (Å²) < 4.78 is 5.30. The Morgan fingerprint density at radius 1 is 1.21 bits per heavy atom. The van der Waals surface area contributed by atoms with Crippen molar-refractivity contribution < 1.29 is 4.74 Å². The van der Waals surface area contributed by atoms with Crippen LogP contribution in [0.1, 0.15) is 11.1 Å². The molecular weight excluding hydrogens is 172 g/mol. The Hall–Kier alpha value is -1.50. The molecule has 0 saturated heterocycles. The van der Waals surface area contributed by atoms with Crippen molar-refractivity contribution in [1.29, 1.82) is 0 Å². The van der Waals surface area contributed by atoms with Crippen molar-refractivity contribution >= 4 is 0 Å². The minimum absolute atomic E-state index is 0.845. The van der Waals surface area contributed by atoms with E-state index in [1.54, 1.807) is 7.11 Å².